The van der Waals surface area contributed by atoms with E-state index in [1.165, 1.54) is 15.9 Å². The van der Waals surface area contributed by atoms with Crippen molar-refractivity contribution in [3.05, 3.63) is 53.6 Å². The van der Waals surface area contributed by atoms with Crippen LogP contribution >= 0.6 is 0 Å². The number of hydrogen-bond donors (Lipinski definition) is 1. The number of benzene rings is 2. The Balaban J connectivity index is 1.37. The highest BCUT2D eigenvalue weighted by Gasteiger charge is 2.33. The van der Waals surface area contributed by atoms with Gasteiger partial charge < -0.3 is 14.8 Å². The van der Waals surface area contributed by atoms with Crippen molar-refractivity contribution in [2.24, 2.45) is 5.92 Å². The molecule has 8 heteroatoms. The van der Waals surface area contributed by atoms with Crippen LogP contribution in [-0.4, -0.2) is 44.9 Å². The maximum absolute atomic E-state index is 13.1. The summed E-state index contributed by atoms with van der Waals surface area (Å²) in [4.78, 5) is 13.1. The van der Waals surface area contributed by atoms with Gasteiger partial charge in [-0.2, -0.15) is 4.31 Å². The highest BCUT2D eigenvalue weighted by atomic mass is 32.2. The number of nitrogens with zero attached hydrogens (tertiary/aromatic N) is 1. The molecule has 0 aromatic heterocycles. The lowest BCUT2D eigenvalue weighted by Gasteiger charge is -2.31. The normalized spacial score (nSPS) is 18.2. The number of nitrogens with one attached hydrogen (secondary N) is 1. The van der Waals surface area contributed by atoms with Crippen molar-refractivity contribution in [2.45, 2.75) is 44.0 Å². The van der Waals surface area contributed by atoms with Crippen LogP contribution in [-0.2, 0) is 14.8 Å². The van der Waals surface area contributed by atoms with Crippen molar-refractivity contribution in [3.63, 3.8) is 0 Å². The minimum Gasteiger partial charge on any atom is -0.486 e. The van der Waals surface area contributed by atoms with E-state index in [1.807, 2.05) is 38.1 Å². The van der Waals surface area contributed by atoms with E-state index in [0.29, 0.717) is 50.6 Å². The Morgan fingerprint density at radius 3 is 2.38 bits per heavy atom. The van der Waals surface area contributed by atoms with Crippen molar-refractivity contribution in [3.8, 4) is 11.5 Å². The van der Waals surface area contributed by atoms with Gasteiger partial charge in [-0.15, -0.1) is 0 Å². The number of piperidine rings is 1. The summed E-state index contributed by atoms with van der Waals surface area (Å²) in [7, 11) is -3.65. The molecule has 1 fully saturated rings. The summed E-state index contributed by atoms with van der Waals surface area (Å²) < 4.78 is 38.7. The van der Waals surface area contributed by atoms with Crippen molar-refractivity contribution < 1.29 is 22.7 Å². The Hall–Kier alpha value is -2.58. The Morgan fingerprint density at radius 2 is 1.72 bits per heavy atom. The van der Waals surface area contributed by atoms with Crippen LogP contribution in [0.3, 0.4) is 0 Å². The van der Waals surface area contributed by atoms with Gasteiger partial charge in [0.25, 0.3) is 0 Å². The standard InChI is InChI=1S/C24H30N2O5S/c1-3-21(18-6-4-17(2)5-7-18)25-24(27)19-10-12-26(13-11-19)32(28,29)20-8-9-22-23(16-20)31-15-14-30-22/h4-9,16,19,21H,3,10-15H2,1-2H3,(H,25,27). The second kappa shape index (κ2) is 9.50. The summed E-state index contributed by atoms with van der Waals surface area (Å²) in [6, 6.07) is 12.9. The Morgan fingerprint density at radius 1 is 1.06 bits per heavy atom. The van der Waals surface area contributed by atoms with Crippen molar-refractivity contribution in [1.29, 1.82) is 0 Å². The number of rotatable bonds is 6. The number of carbonyl (C=O) groups excluding carboxylic acids is 1. The van der Waals surface area contributed by atoms with Gasteiger partial charge in [-0.1, -0.05) is 36.8 Å². The lowest BCUT2D eigenvalue weighted by molar-refractivity contribution is -0.126. The summed E-state index contributed by atoms with van der Waals surface area (Å²) in [5.74, 6) is 0.813. The maximum atomic E-state index is 13.1. The highest BCUT2D eigenvalue weighted by molar-refractivity contribution is 7.89. The van der Waals surface area contributed by atoms with Crippen LogP contribution in [0.1, 0.15) is 43.4 Å². The molecule has 0 bridgehead atoms. The number of ether oxygens (including phenoxy) is 2. The number of aryl methyl sites for hydroxylation is 1. The molecular weight excluding hydrogens is 428 g/mol. The van der Waals surface area contributed by atoms with Gasteiger partial charge in [0, 0.05) is 25.1 Å². The first kappa shape index (κ1) is 22.6. The average Bonchev–Trinajstić information content (AvgIpc) is 2.82. The summed E-state index contributed by atoms with van der Waals surface area (Å²) >= 11 is 0. The van der Waals surface area contributed by atoms with Gasteiger partial charge in [0.05, 0.1) is 10.9 Å². The van der Waals surface area contributed by atoms with Crippen LogP contribution in [0, 0.1) is 12.8 Å². The topological polar surface area (TPSA) is 84.9 Å². The van der Waals surface area contributed by atoms with Gasteiger partial charge in [0.2, 0.25) is 15.9 Å². The molecule has 1 N–H and O–H groups in total. The molecule has 2 aliphatic rings. The van der Waals surface area contributed by atoms with Crippen LogP contribution in [0.2, 0.25) is 0 Å². The molecule has 0 aliphatic carbocycles. The monoisotopic (exact) mass is 458 g/mol. The molecule has 2 heterocycles. The number of carbonyl (C=O) groups is 1. The number of amides is 1. The predicted octanol–water partition coefficient (Wildman–Crippen LogP) is 3.43. The van der Waals surface area contributed by atoms with Crippen molar-refractivity contribution in [2.75, 3.05) is 26.3 Å². The van der Waals surface area contributed by atoms with Crippen molar-refractivity contribution in [1.82, 2.24) is 9.62 Å². The molecular formula is C24H30N2O5S. The molecule has 1 unspecified atom stereocenters. The van der Waals surface area contributed by atoms with E-state index >= 15 is 0 Å². The summed E-state index contributed by atoms with van der Waals surface area (Å²) in [5.41, 5.74) is 2.27. The lowest BCUT2D eigenvalue weighted by Crippen LogP contribution is -2.43. The molecule has 4 rings (SSSR count). The smallest absolute Gasteiger partial charge is 0.243 e. The third-order valence-electron chi connectivity index (χ3n) is 6.18. The minimum absolute atomic E-state index is 0.00574. The molecule has 2 aromatic carbocycles. The van der Waals surface area contributed by atoms with Crippen LogP contribution < -0.4 is 14.8 Å². The molecule has 1 saturated heterocycles. The molecule has 7 nitrogen and oxygen atoms in total. The largest absolute Gasteiger partial charge is 0.486 e. The Kier molecular flexibility index (Phi) is 6.71. The molecule has 0 saturated carbocycles. The van der Waals surface area contributed by atoms with E-state index < -0.39 is 10.0 Å². The summed E-state index contributed by atoms with van der Waals surface area (Å²) in [6.07, 6.45) is 1.80. The molecule has 1 atom stereocenters. The predicted molar refractivity (Wildman–Crippen MR) is 121 cm³/mol. The fourth-order valence-electron chi connectivity index (χ4n) is 4.20. The van der Waals surface area contributed by atoms with Gasteiger partial charge in [-0.05, 0) is 43.9 Å². The molecule has 0 spiro atoms. The molecule has 2 aliphatic heterocycles. The third kappa shape index (κ3) is 4.76. The molecule has 0 radical (unpaired) electrons. The Labute approximate surface area is 189 Å². The van der Waals surface area contributed by atoms with Crippen LogP contribution in [0.15, 0.2) is 47.4 Å². The zero-order valence-corrected chi connectivity index (χ0v) is 19.4. The van der Waals surface area contributed by atoms with Gasteiger partial charge in [-0.3, -0.25) is 4.79 Å². The van der Waals surface area contributed by atoms with Crippen LogP contribution in [0.4, 0.5) is 0 Å². The fraction of sp³-hybridized carbons (Fsp3) is 0.458. The Bertz CT molecular complexity index is 1060. The van der Waals surface area contributed by atoms with E-state index in [9.17, 15) is 13.2 Å². The molecule has 172 valence electrons. The van der Waals surface area contributed by atoms with Gasteiger partial charge in [0.1, 0.15) is 13.2 Å². The maximum Gasteiger partial charge on any atom is 0.243 e. The SMILES string of the molecule is CCC(NC(=O)C1CCN(S(=O)(=O)c2ccc3c(c2)OCCO3)CC1)c1ccc(C)cc1. The first-order valence-corrected chi connectivity index (χ1v) is 12.6. The van der Waals surface area contributed by atoms with Crippen molar-refractivity contribution >= 4 is 15.9 Å². The van der Waals surface area contributed by atoms with E-state index in [-0.39, 0.29) is 22.8 Å². The van der Waals surface area contributed by atoms with Gasteiger partial charge >= 0.3 is 0 Å². The van der Waals surface area contributed by atoms with E-state index in [2.05, 4.69) is 5.32 Å². The van der Waals surface area contributed by atoms with Gasteiger partial charge in [0.15, 0.2) is 11.5 Å². The lowest BCUT2D eigenvalue weighted by atomic mass is 9.95. The first-order valence-electron chi connectivity index (χ1n) is 11.1. The number of sulfonamides is 1. The second-order valence-electron chi connectivity index (χ2n) is 8.36. The average molecular weight is 459 g/mol. The molecule has 2 aromatic rings. The van der Waals surface area contributed by atoms with E-state index in [0.717, 1.165) is 12.0 Å². The number of fused-ring (bicyclic) bond motifs is 1. The second-order valence-corrected chi connectivity index (χ2v) is 10.3. The minimum atomic E-state index is -3.65. The van der Waals surface area contributed by atoms with Gasteiger partial charge in [-0.25, -0.2) is 8.42 Å². The quantitative estimate of drug-likeness (QED) is 0.717. The highest BCUT2D eigenvalue weighted by Crippen LogP contribution is 2.34. The zero-order chi connectivity index (χ0) is 22.7. The fourth-order valence-corrected chi connectivity index (χ4v) is 5.69. The van der Waals surface area contributed by atoms with E-state index in [1.54, 1.807) is 12.1 Å². The van der Waals surface area contributed by atoms with Crippen LogP contribution in [0.5, 0.6) is 11.5 Å². The summed E-state index contributed by atoms with van der Waals surface area (Å²) in [5, 5.41) is 3.15. The first-order chi connectivity index (χ1) is 15.4. The van der Waals surface area contributed by atoms with E-state index in [4.69, 9.17) is 9.47 Å². The van der Waals surface area contributed by atoms with Crippen LogP contribution in [0.25, 0.3) is 0 Å². The molecule has 1 amide bonds. The third-order valence-corrected chi connectivity index (χ3v) is 8.08. The summed E-state index contributed by atoms with van der Waals surface area (Å²) in [6.45, 7) is 5.58. The molecule has 32 heavy (non-hydrogen) atoms. The zero-order valence-electron chi connectivity index (χ0n) is 18.5. The number of hydrogen-bond acceptors (Lipinski definition) is 5.